The zero-order valence-electron chi connectivity index (χ0n) is 17.4. The van der Waals surface area contributed by atoms with E-state index in [1.54, 1.807) is 5.32 Å². The molecule has 0 aromatic heterocycles. The normalized spacial score (nSPS) is 13.2. The van der Waals surface area contributed by atoms with Gasteiger partial charge in [-0.15, -0.1) is 0 Å². The number of aromatic hydroxyl groups is 1. The molecule has 2 rings (SSSR count). The number of carbonyl (C=O) groups excluding carboxylic acids is 2. The molecule has 2 aromatic carbocycles. The Hall–Kier alpha value is -2.24. The van der Waals surface area contributed by atoms with Gasteiger partial charge in [0.2, 0.25) is 5.91 Å². The Bertz CT molecular complexity index is 1110. The van der Waals surface area contributed by atoms with Crippen molar-refractivity contribution < 1.29 is 41.0 Å². The molecule has 0 bridgehead atoms. The number of benzene rings is 2. The van der Waals surface area contributed by atoms with E-state index in [9.17, 15) is 41.0 Å². The zero-order chi connectivity index (χ0) is 26.6. The molecule has 2 N–H and O–H groups in total. The molecule has 0 aliphatic carbocycles. The number of nitrogens with one attached hydrogen (secondary N) is 1. The number of hydrogen-bond donors (Lipinski definition) is 2. The van der Waals surface area contributed by atoms with Crippen molar-refractivity contribution in [2.24, 2.45) is 0 Å². The Morgan fingerprint density at radius 3 is 2.14 bits per heavy atom. The average Bonchev–Trinajstić information content (AvgIpc) is 2.73. The Balaban J connectivity index is 2.15. The quantitative estimate of drug-likeness (QED) is 0.242. The summed E-state index contributed by atoms with van der Waals surface area (Å²) in [5.74, 6) is -4.13. The van der Waals surface area contributed by atoms with Gasteiger partial charge in [0.05, 0.1) is 16.0 Å². The number of allylic oxidation sites excluding steroid dienone is 1. The number of phenols is 1. The second-order valence-corrected chi connectivity index (χ2v) is 8.93. The van der Waals surface area contributed by atoms with Gasteiger partial charge < -0.3 is 10.4 Å². The third-order valence-electron chi connectivity index (χ3n) is 4.59. The van der Waals surface area contributed by atoms with Gasteiger partial charge >= 0.3 is 12.4 Å². The first-order chi connectivity index (χ1) is 16.1. The van der Waals surface area contributed by atoms with E-state index in [-0.39, 0.29) is 32.1 Å². The first-order valence-corrected chi connectivity index (χ1v) is 11.2. The van der Waals surface area contributed by atoms with Crippen molar-refractivity contribution in [3.63, 3.8) is 0 Å². The number of phenolic OH excluding ortho intramolecular Hbond substituents is 1. The second-order valence-electron chi connectivity index (χ2n) is 7.27. The zero-order valence-corrected chi connectivity index (χ0v) is 20.5. The van der Waals surface area contributed by atoms with Crippen LogP contribution in [-0.2, 0) is 4.79 Å². The van der Waals surface area contributed by atoms with Crippen molar-refractivity contribution in [3.05, 3.63) is 67.6 Å². The topological polar surface area (TPSA) is 66.4 Å². The molecule has 35 heavy (non-hydrogen) atoms. The van der Waals surface area contributed by atoms with Crippen LogP contribution in [0.25, 0.3) is 6.08 Å². The van der Waals surface area contributed by atoms with Gasteiger partial charge in [-0.25, -0.2) is 0 Å². The number of amides is 1. The molecule has 0 spiro atoms. The monoisotopic (exact) mass is 605 g/mol. The maximum Gasteiger partial charge on any atom is 0.405 e. The van der Waals surface area contributed by atoms with Crippen molar-refractivity contribution in [1.29, 1.82) is 0 Å². The number of hydrogen-bond acceptors (Lipinski definition) is 3. The molecule has 0 heterocycles. The summed E-state index contributed by atoms with van der Waals surface area (Å²) in [6.07, 6.45) is -8.09. The molecule has 2 aromatic rings. The number of Topliss-reactive ketones (excluding diaryl/α,β-unsaturated/α-hetero) is 1. The van der Waals surface area contributed by atoms with Crippen LogP contribution in [0.5, 0.6) is 5.75 Å². The number of ketones is 1. The molecule has 0 aliphatic rings. The molecule has 0 radical (unpaired) electrons. The van der Waals surface area contributed by atoms with Gasteiger partial charge in [0.1, 0.15) is 6.54 Å². The van der Waals surface area contributed by atoms with E-state index < -0.39 is 48.7 Å². The fourth-order valence-corrected chi connectivity index (χ4v) is 4.01. The predicted octanol–water partition coefficient (Wildman–Crippen LogP) is 7.46. The van der Waals surface area contributed by atoms with Gasteiger partial charge in [0, 0.05) is 22.9 Å². The molecule has 0 aliphatic heterocycles. The Morgan fingerprint density at radius 2 is 1.63 bits per heavy atom. The van der Waals surface area contributed by atoms with Crippen LogP contribution in [0.3, 0.4) is 0 Å². The molecule has 1 unspecified atom stereocenters. The van der Waals surface area contributed by atoms with E-state index in [0.717, 1.165) is 24.3 Å². The summed E-state index contributed by atoms with van der Waals surface area (Å²) in [5, 5.41) is 10.6. The van der Waals surface area contributed by atoms with Crippen molar-refractivity contribution >= 4 is 56.9 Å². The highest BCUT2D eigenvalue weighted by atomic mass is 79.9. The third-order valence-corrected chi connectivity index (χ3v) is 5.82. The van der Waals surface area contributed by atoms with Crippen LogP contribution in [0.15, 0.2) is 40.9 Å². The Kier molecular flexibility index (Phi) is 9.66. The molecular formula is C22H16BrCl2F6NO3. The van der Waals surface area contributed by atoms with Crippen LogP contribution < -0.4 is 5.32 Å². The van der Waals surface area contributed by atoms with Crippen LogP contribution in [0.2, 0.25) is 10.0 Å². The number of alkyl halides is 6. The summed E-state index contributed by atoms with van der Waals surface area (Å²) in [4.78, 5) is 23.8. The molecule has 1 amide bonds. The SMILES string of the molecule is O=C(CCC(=O)c1ccc(/C=C/C(c2cc(Cl)c(O)c(Cl)c2)C(F)(F)F)cc1Br)NCC(F)(F)F. The number of carbonyl (C=O) groups is 2. The summed E-state index contributed by atoms with van der Waals surface area (Å²) in [6, 6.07) is 5.96. The van der Waals surface area contributed by atoms with E-state index in [0.29, 0.717) is 5.56 Å². The first kappa shape index (κ1) is 29.0. The van der Waals surface area contributed by atoms with Crippen LogP contribution in [-0.4, -0.2) is 35.7 Å². The lowest BCUT2D eigenvalue weighted by Gasteiger charge is -2.18. The Labute approximate surface area is 214 Å². The van der Waals surface area contributed by atoms with Crippen molar-refractivity contribution in [2.45, 2.75) is 31.1 Å². The van der Waals surface area contributed by atoms with E-state index in [1.165, 1.54) is 18.2 Å². The smallest absolute Gasteiger partial charge is 0.405 e. The second kappa shape index (κ2) is 11.7. The van der Waals surface area contributed by atoms with E-state index in [1.807, 2.05) is 0 Å². The molecule has 0 fully saturated rings. The molecular weight excluding hydrogens is 591 g/mol. The van der Waals surface area contributed by atoms with E-state index in [4.69, 9.17) is 23.2 Å². The lowest BCUT2D eigenvalue weighted by Crippen LogP contribution is -2.33. The summed E-state index contributed by atoms with van der Waals surface area (Å²) < 4.78 is 77.5. The van der Waals surface area contributed by atoms with Crippen LogP contribution in [0, 0.1) is 0 Å². The highest BCUT2D eigenvalue weighted by molar-refractivity contribution is 9.10. The van der Waals surface area contributed by atoms with Crippen LogP contribution >= 0.6 is 39.1 Å². The van der Waals surface area contributed by atoms with Crippen molar-refractivity contribution in [1.82, 2.24) is 5.32 Å². The number of rotatable bonds is 8. The van der Waals surface area contributed by atoms with Gasteiger partial charge in [-0.05, 0) is 35.4 Å². The maximum atomic E-state index is 13.6. The Morgan fingerprint density at radius 1 is 1.03 bits per heavy atom. The number of halogens is 9. The minimum atomic E-state index is -4.71. The summed E-state index contributed by atoms with van der Waals surface area (Å²) in [6.45, 7) is -1.51. The molecule has 13 heteroatoms. The lowest BCUT2D eigenvalue weighted by molar-refractivity contribution is -0.139. The molecule has 190 valence electrons. The molecule has 4 nitrogen and oxygen atoms in total. The van der Waals surface area contributed by atoms with E-state index >= 15 is 0 Å². The largest absolute Gasteiger partial charge is 0.505 e. The van der Waals surface area contributed by atoms with Gasteiger partial charge in [-0.1, -0.05) is 57.4 Å². The highest BCUT2D eigenvalue weighted by Gasteiger charge is 2.39. The molecule has 0 saturated carbocycles. The van der Waals surface area contributed by atoms with Gasteiger partial charge in [-0.3, -0.25) is 9.59 Å². The summed E-state index contributed by atoms with van der Waals surface area (Å²) >= 11 is 14.6. The minimum absolute atomic E-state index is 0.107. The predicted molar refractivity (Wildman–Crippen MR) is 123 cm³/mol. The standard InChI is InChI=1S/C22H16BrCl2F6NO3/c23-15-7-11(1-3-13(15)18(33)5-6-19(34)32-10-21(26,27)28)2-4-14(22(29,30)31)12-8-16(24)20(35)17(25)9-12/h1-4,7-9,14,35H,5-6,10H2,(H,32,34)/b4-2+. The van der Waals surface area contributed by atoms with Crippen molar-refractivity contribution in [2.75, 3.05) is 6.54 Å². The minimum Gasteiger partial charge on any atom is -0.505 e. The van der Waals surface area contributed by atoms with Gasteiger partial charge in [0.15, 0.2) is 11.5 Å². The fourth-order valence-electron chi connectivity index (χ4n) is 2.89. The third kappa shape index (κ3) is 8.73. The summed E-state index contributed by atoms with van der Waals surface area (Å²) in [5.41, 5.74) is 0.105. The van der Waals surface area contributed by atoms with Crippen LogP contribution in [0.4, 0.5) is 26.3 Å². The lowest BCUT2D eigenvalue weighted by atomic mass is 9.96. The van der Waals surface area contributed by atoms with Gasteiger partial charge in [0.25, 0.3) is 0 Å². The van der Waals surface area contributed by atoms with Crippen LogP contribution in [0.1, 0.15) is 40.2 Å². The van der Waals surface area contributed by atoms with Gasteiger partial charge in [-0.2, -0.15) is 26.3 Å². The van der Waals surface area contributed by atoms with Crippen molar-refractivity contribution in [3.8, 4) is 5.75 Å². The average molecular weight is 607 g/mol. The highest BCUT2D eigenvalue weighted by Crippen LogP contribution is 2.41. The summed E-state index contributed by atoms with van der Waals surface area (Å²) in [7, 11) is 0. The maximum absolute atomic E-state index is 13.6. The fraction of sp³-hybridized carbons (Fsp3) is 0.273. The van der Waals surface area contributed by atoms with E-state index in [2.05, 4.69) is 15.9 Å². The molecule has 0 saturated heterocycles. The first-order valence-electron chi connectivity index (χ1n) is 9.67. The molecule has 1 atom stereocenters.